The number of carbonyl (C=O) groups is 1. The van der Waals surface area contributed by atoms with E-state index >= 15 is 0 Å². The van der Waals surface area contributed by atoms with E-state index in [9.17, 15) is 4.79 Å². The highest BCUT2D eigenvalue weighted by molar-refractivity contribution is 5.96. The third-order valence-corrected chi connectivity index (χ3v) is 4.36. The van der Waals surface area contributed by atoms with Gasteiger partial charge in [-0.25, -0.2) is 0 Å². The van der Waals surface area contributed by atoms with Crippen molar-refractivity contribution < 1.29 is 9.53 Å². The lowest BCUT2D eigenvalue weighted by atomic mass is 9.96. The Balaban J connectivity index is 1.84. The summed E-state index contributed by atoms with van der Waals surface area (Å²) in [6, 6.07) is 8.05. The lowest BCUT2D eigenvalue weighted by Crippen LogP contribution is -2.41. The van der Waals surface area contributed by atoms with Crippen LogP contribution in [-0.4, -0.2) is 43.1 Å². The second-order valence-electron chi connectivity index (χ2n) is 6.21. The molecular formula is C18H28N2O2. The Labute approximate surface area is 133 Å². The van der Waals surface area contributed by atoms with Gasteiger partial charge in [0.2, 0.25) is 0 Å². The maximum absolute atomic E-state index is 12.4. The van der Waals surface area contributed by atoms with Crippen LogP contribution in [0.15, 0.2) is 24.3 Å². The molecule has 4 heteroatoms. The summed E-state index contributed by atoms with van der Waals surface area (Å²) in [5.74, 6) is 1.21. The molecule has 122 valence electrons. The molecule has 1 amide bonds. The van der Waals surface area contributed by atoms with Crippen LogP contribution in [0.1, 0.15) is 44.0 Å². The first-order valence-electron chi connectivity index (χ1n) is 8.36. The number of piperidine rings is 1. The predicted molar refractivity (Wildman–Crippen MR) is 89.4 cm³/mol. The molecule has 1 heterocycles. The smallest absolute Gasteiger partial charge is 0.255 e. The largest absolute Gasteiger partial charge is 0.493 e. The molecule has 1 aliphatic rings. The molecule has 22 heavy (non-hydrogen) atoms. The van der Waals surface area contributed by atoms with Crippen LogP contribution >= 0.6 is 0 Å². The van der Waals surface area contributed by atoms with Crippen molar-refractivity contribution in [1.82, 2.24) is 10.2 Å². The predicted octanol–water partition coefficient (Wildman–Crippen LogP) is 2.94. The number of likely N-dealkylation sites (tertiary alicyclic amines) is 1. The first-order valence-corrected chi connectivity index (χ1v) is 8.36. The Kier molecular flexibility index (Phi) is 6.25. The second kappa shape index (κ2) is 8.18. The van der Waals surface area contributed by atoms with Crippen molar-refractivity contribution in [3.63, 3.8) is 0 Å². The van der Waals surface area contributed by atoms with Crippen LogP contribution in [0.5, 0.6) is 5.75 Å². The van der Waals surface area contributed by atoms with Crippen molar-refractivity contribution in [3.05, 3.63) is 29.8 Å². The zero-order valence-electron chi connectivity index (χ0n) is 14.0. The molecule has 0 unspecified atom stereocenters. The van der Waals surface area contributed by atoms with Gasteiger partial charge >= 0.3 is 0 Å². The summed E-state index contributed by atoms with van der Waals surface area (Å²) < 4.78 is 5.52. The SMILES string of the molecule is CCOc1ccccc1C(=O)NCC1CCN(C(C)C)CC1. The molecule has 0 bridgehead atoms. The minimum atomic E-state index is -0.0321. The number of amides is 1. The van der Waals surface area contributed by atoms with Crippen molar-refractivity contribution in [3.8, 4) is 5.75 Å². The van der Waals surface area contributed by atoms with E-state index in [-0.39, 0.29) is 5.91 Å². The molecule has 1 N–H and O–H groups in total. The van der Waals surface area contributed by atoms with E-state index in [1.165, 1.54) is 0 Å². The highest BCUT2D eigenvalue weighted by atomic mass is 16.5. The molecule has 1 saturated heterocycles. The Morgan fingerprint density at radius 2 is 2.00 bits per heavy atom. The van der Waals surface area contributed by atoms with Gasteiger partial charge in [-0.05, 0) is 64.8 Å². The van der Waals surface area contributed by atoms with Gasteiger partial charge in [0.15, 0.2) is 0 Å². The first-order chi connectivity index (χ1) is 10.6. The van der Waals surface area contributed by atoms with E-state index in [0.29, 0.717) is 29.9 Å². The van der Waals surface area contributed by atoms with E-state index in [4.69, 9.17) is 4.74 Å². The van der Waals surface area contributed by atoms with E-state index < -0.39 is 0 Å². The lowest BCUT2D eigenvalue weighted by molar-refractivity contribution is 0.0926. The lowest BCUT2D eigenvalue weighted by Gasteiger charge is -2.34. The van der Waals surface area contributed by atoms with Crippen molar-refractivity contribution in [2.45, 2.75) is 39.7 Å². The molecular weight excluding hydrogens is 276 g/mol. The molecule has 1 aliphatic heterocycles. The number of ether oxygens (including phenoxy) is 1. The van der Waals surface area contributed by atoms with Crippen LogP contribution in [0.2, 0.25) is 0 Å². The summed E-state index contributed by atoms with van der Waals surface area (Å²) in [7, 11) is 0. The fraction of sp³-hybridized carbons (Fsp3) is 0.611. The Morgan fingerprint density at radius 1 is 1.32 bits per heavy atom. The number of para-hydroxylation sites is 1. The van der Waals surface area contributed by atoms with Gasteiger partial charge in [0.25, 0.3) is 5.91 Å². The highest BCUT2D eigenvalue weighted by Gasteiger charge is 2.21. The average molecular weight is 304 g/mol. The van der Waals surface area contributed by atoms with Crippen LogP contribution in [-0.2, 0) is 0 Å². The maximum atomic E-state index is 12.4. The molecule has 1 aromatic rings. The van der Waals surface area contributed by atoms with Gasteiger partial charge in [-0.1, -0.05) is 12.1 Å². The van der Waals surface area contributed by atoms with Crippen LogP contribution < -0.4 is 10.1 Å². The van der Waals surface area contributed by atoms with Crippen LogP contribution in [0.4, 0.5) is 0 Å². The fourth-order valence-electron chi connectivity index (χ4n) is 2.94. The molecule has 0 saturated carbocycles. The highest BCUT2D eigenvalue weighted by Crippen LogP contribution is 2.20. The molecule has 0 aromatic heterocycles. The first kappa shape index (κ1) is 16.8. The van der Waals surface area contributed by atoms with Crippen LogP contribution in [0.3, 0.4) is 0 Å². The Hall–Kier alpha value is -1.55. The molecule has 0 spiro atoms. The van der Waals surface area contributed by atoms with Gasteiger partial charge in [-0.2, -0.15) is 0 Å². The van der Waals surface area contributed by atoms with Crippen LogP contribution in [0.25, 0.3) is 0 Å². The van der Waals surface area contributed by atoms with Crippen molar-refractivity contribution in [2.24, 2.45) is 5.92 Å². The topological polar surface area (TPSA) is 41.6 Å². The van der Waals surface area contributed by atoms with Gasteiger partial charge in [-0.15, -0.1) is 0 Å². The minimum Gasteiger partial charge on any atom is -0.493 e. The molecule has 0 atom stereocenters. The van der Waals surface area contributed by atoms with Crippen LogP contribution in [0, 0.1) is 5.92 Å². The molecule has 1 aromatic carbocycles. The normalized spacial score (nSPS) is 16.7. The number of hydrogen-bond acceptors (Lipinski definition) is 3. The minimum absolute atomic E-state index is 0.0321. The zero-order chi connectivity index (χ0) is 15.9. The van der Waals surface area contributed by atoms with Crippen molar-refractivity contribution in [2.75, 3.05) is 26.2 Å². The monoisotopic (exact) mass is 304 g/mol. The van der Waals surface area contributed by atoms with Gasteiger partial charge in [0, 0.05) is 12.6 Å². The number of carbonyl (C=O) groups excluding carboxylic acids is 1. The molecule has 0 aliphatic carbocycles. The number of hydrogen-bond donors (Lipinski definition) is 1. The third-order valence-electron chi connectivity index (χ3n) is 4.36. The molecule has 4 nitrogen and oxygen atoms in total. The number of nitrogens with one attached hydrogen (secondary N) is 1. The Morgan fingerprint density at radius 3 is 2.64 bits per heavy atom. The summed E-state index contributed by atoms with van der Waals surface area (Å²) in [5, 5.41) is 3.07. The van der Waals surface area contributed by atoms with E-state index in [0.717, 1.165) is 32.5 Å². The third kappa shape index (κ3) is 4.47. The summed E-state index contributed by atoms with van der Waals surface area (Å²) in [6.07, 6.45) is 2.32. The van der Waals surface area contributed by atoms with Gasteiger partial charge in [0.1, 0.15) is 5.75 Å². The summed E-state index contributed by atoms with van der Waals surface area (Å²) in [6.45, 7) is 10.0. The quantitative estimate of drug-likeness (QED) is 0.878. The van der Waals surface area contributed by atoms with Gasteiger partial charge in [0.05, 0.1) is 12.2 Å². The van der Waals surface area contributed by atoms with E-state index in [1.54, 1.807) is 0 Å². The molecule has 2 rings (SSSR count). The zero-order valence-corrected chi connectivity index (χ0v) is 14.0. The Bertz CT molecular complexity index is 480. The summed E-state index contributed by atoms with van der Waals surface area (Å²) in [5.41, 5.74) is 0.629. The van der Waals surface area contributed by atoms with E-state index in [1.807, 2.05) is 31.2 Å². The summed E-state index contributed by atoms with van der Waals surface area (Å²) in [4.78, 5) is 14.9. The van der Waals surface area contributed by atoms with Crippen molar-refractivity contribution >= 4 is 5.91 Å². The van der Waals surface area contributed by atoms with Gasteiger partial charge in [-0.3, -0.25) is 4.79 Å². The standard InChI is InChI=1S/C18H28N2O2/c1-4-22-17-8-6-5-7-16(17)18(21)19-13-15-9-11-20(12-10-15)14(2)3/h5-8,14-15H,4,9-13H2,1-3H3,(H,19,21). The number of benzene rings is 1. The molecule has 1 fully saturated rings. The second-order valence-corrected chi connectivity index (χ2v) is 6.21. The average Bonchev–Trinajstić information content (AvgIpc) is 2.54. The fourth-order valence-corrected chi connectivity index (χ4v) is 2.94. The van der Waals surface area contributed by atoms with Crippen molar-refractivity contribution in [1.29, 1.82) is 0 Å². The number of rotatable bonds is 6. The summed E-state index contributed by atoms with van der Waals surface area (Å²) >= 11 is 0. The molecule has 0 radical (unpaired) electrons. The van der Waals surface area contributed by atoms with Gasteiger partial charge < -0.3 is 15.0 Å². The number of nitrogens with zero attached hydrogens (tertiary/aromatic N) is 1. The van der Waals surface area contributed by atoms with E-state index in [2.05, 4.69) is 24.1 Å². The maximum Gasteiger partial charge on any atom is 0.255 e.